The Bertz CT molecular complexity index is 1200. The normalized spacial score (nSPS) is 22.4. The van der Waals surface area contributed by atoms with E-state index in [1.807, 2.05) is 0 Å². The fourth-order valence-electron chi connectivity index (χ4n) is 4.88. The Labute approximate surface area is 187 Å². The van der Waals surface area contributed by atoms with Gasteiger partial charge in [0.15, 0.2) is 0 Å². The van der Waals surface area contributed by atoms with E-state index in [-0.39, 0.29) is 30.9 Å². The molecule has 160 valence electrons. The molecule has 5 rings (SSSR count). The summed E-state index contributed by atoms with van der Waals surface area (Å²) < 4.78 is 2.29. The van der Waals surface area contributed by atoms with E-state index in [4.69, 9.17) is 0 Å². The summed E-state index contributed by atoms with van der Waals surface area (Å²) in [4.78, 5) is 40.0. The van der Waals surface area contributed by atoms with Crippen molar-refractivity contribution < 1.29 is 14.4 Å². The second-order valence-corrected chi connectivity index (χ2v) is 11.9. The second-order valence-electron chi connectivity index (χ2n) is 9.66. The minimum absolute atomic E-state index is 0.0193. The van der Waals surface area contributed by atoms with Crippen LogP contribution in [0.15, 0.2) is 29.8 Å². The van der Waals surface area contributed by atoms with Crippen molar-refractivity contribution in [3.05, 3.63) is 51.0 Å². The predicted octanol–water partition coefficient (Wildman–Crippen LogP) is 3.29. The maximum absolute atomic E-state index is 12.5. The molecule has 31 heavy (non-hydrogen) atoms. The summed E-state index contributed by atoms with van der Waals surface area (Å²) in [6, 6.07) is 8.11. The van der Waals surface area contributed by atoms with Crippen LogP contribution in [0.1, 0.15) is 55.2 Å². The number of amides is 4. The molecule has 1 aromatic carbocycles. The van der Waals surface area contributed by atoms with Gasteiger partial charge in [0.25, 0.3) is 0 Å². The summed E-state index contributed by atoms with van der Waals surface area (Å²) in [5.74, 6) is -1.18. The van der Waals surface area contributed by atoms with Crippen molar-refractivity contribution in [1.29, 1.82) is 0 Å². The second kappa shape index (κ2) is 6.44. The zero-order chi connectivity index (χ0) is 22.3. The third kappa shape index (κ3) is 2.80. The van der Waals surface area contributed by atoms with Gasteiger partial charge in [0.1, 0.15) is 0 Å². The Morgan fingerprint density at radius 1 is 1.06 bits per heavy atom. The van der Waals surface area contributed by atoms with Gasteiger partial charge in [-0.05, 0) is 0 Å². The monoisotopic (exact) mass is 483 g/mol. The summed E-state index contributed by atoms with van der Waals surface area (Å²) in [5, 5.41) is 2.24. The Balaban J connectivity index is 1.66. The molecule has 6 nitrogen and oxygen atoms in total. The van der Waals surface area contributed by atoms with Crippen LogP contribution in [0.5, 0.6) is 0 Å². The number of fused-ring (bicyclic) bond motifs is 2. The fraction of sp³-hybridized carbons (Fsp3) is 0.375. The van der Waals surface area contributed by atoms with E-state index in [0.717, 1.165) is 22.3 Å². The number of urea groups is 1. The number of anilines is 2. The van der Waals surface area contributed by atoms with Gasteiger partial charge in [-0.2, -0.15) is 0 Å². The molecule has 0 unspecified atom stereocenters. The van der Waals surface area contributed by atoms with E-state index in [2.05, 4.69) is 62.2 Å². The number of carbonyl (C=O) groups is 3. The summed E-state index contributed by atoms with van der Waals surface area (Å²) >= 11 is -0.0352. The van der Waals surface area contributed by atoms with Crippen LogP contribution < -0.4 is 10.2 Å². The Morgan fingerprint density at radius 2 is 1.77 bits per heavy atom. The zero-order valence-electron chi connectivity index (χ0n) is 18.3. The molecule has 1 saturated heterocycles. The first-order valence-corrected chi connectivity index (χ1v) is 12.1. The van der Waals surface area contributed by atoms with E-state index in [1.54, 1.807) is 6.08 Å². The molecular weight excluding hydrogens is 457 g/mol. The van der Waals surface area contributed by atoms with Gasteiger partial charge in [-0.25, -0.2) is 0 Å². The van der Waals surface area contributed by atoms with Gasteiger partial charge < -0.3 is 0 Å². The van der Waals surface area contributed by atoms with E-state index >= 15 is 0 Å². The van der Waals surface area contributed by atoms with Crippen molar-refractivity contribution in [1.82, 2.24) is 10.2 Å². The van der Waals surface area contributed by atoms with Crippen LogP contribution in [0.4, 0.5) is 15.0 Å². The van der Waals surface area contributed by atoms with Gasteiger partial charge in [-0.15, -0.1) is 0 Å². The van der Waals surface area contributed by atoms with Crippen LogP contribution in [-0.4, -0.2) is 50.8 Å². The first-order chi connectivity index (χ1) is 14.5. The standard InChI is InChI=1S/C24H25N3O3Se/c1-23(2)9-10-27-18-15(23)7-6-8-16(18)24(3,4)17-12-13(31-21(17)27)11-14-19(28)25-22(30)26(5)20(14)29/h6-8,11-12H,9-10H2,1-5H3,(H,25,28,30)/b14-11+. The minimum atomic E-state index is -0.685. The maximum atomic E-state index is 12.5. The number of para-hydroxylation sites is 1. The summed E-state index contributed by atoms with van der Waals surface area (Å²) in [6.07, 6.45) is 2.75. The number of carbonyl (C=O) groups excluding carboxylic acids is 3. The fourth-order valence-corrected chi connectivity index (χ4v) is 7.59. The van der Waals surface area contributed by atoms with Crippen LogP contribution in [0.2, 0.25) is 0 Å². The van der Waals surface area contributed by atoms with E-state index in [9.17, 15) is 14.4 Å². The zero-order valence-corrected chi connectivity index (χ0v) is 20.0. The van der Waals surface area contributed by atoms with Gasteiger partial charge >= 0.3 is 188 Å². The molecule has 4 amide bonds. The molecular formula is C24H25N3O3Se. The molecule has 0 saturated carbocycles. The number of hydrogen-bond donors (Lipinski definition) is 1. The van der Waals surface area contributed by atoms with Crippen LogP contribution in [0.3, 0.4) is 0 Å². The quantitative estimate of drug-likeness (QED) is 0.385. The Hall–Kier alpha value is -2.63. The average Bonchev–Trinajstić information content (AvgIpc) is 3.14. The van der Waals surface area contributed by atoms with Crippen molar-refractivity contribution in [3.8, 4) is 0 Å². The van der Waals surface area contributed by atoms with Crippen molar-refractivity contribution in [3.63, 3.8) is 0 Å². The summed E-state index contributed by atoms with van der Waals surface area (Å²) in [5.41, 5.74) is 5.29. The van der Waals surface area contributed by atoms with Crippen molar-refractivity contribution in [2.24, 2.45) is 0 Å². The molecule has 0 bridgehead atoms. The molecule has 3 aliphatic rings. The third-order valence-corrected chi connectivity index (χ3v) is 9.23. The van der Waals surface area contributed by atoms with Crippen molar-refractivity contribution in [2.45, 2.75) is 44.9 Å². The first-order valence-electron chi connectivity index (χ1n) is 10.4. The molecule has 1 N–H and O–H groups in total. The molecule has 0 atom stereocenters. The summed E-state index contributed by atoms with van der Waals surface area (Å²) in [6.45, 7) is 10.1. The Kier molecular flexibility index (Phi) is 4.21. The summed E-state index contributed by atoms with van der Waals surface area (Å²) in [7, 11) is 1.38. The predicted molar refractivity (Wildman–Crippen MR) is 121 cm³/mol. The third-order valence-electron chi connectivity index (χ3n) is 6.91. The van der Waals surface area contributed by atoms with E-state index < -0.39 is 17.8 Å². The van der Waals surface area contributed by atoms with Crippen molar-refractivity contribution in [2.75, 3.05) is 18.5 Å². The van der Waals surface area contributed by atoms with Crippen LogP contribution in [0, 0.1) is 0 Å². The van der Waals surface area contributed by atoms with Gasteiger partial charge in [-0.3, -0.25) is 0 Å². The number of likely N-dealkylation sites (N-methyl/N-ethyl adjacent to an activating group) is 1. The molecule has 0 radical (unpaired) electrons. The van der Waals surface area contributed by atoms with Crippen LogP contribution >= 0.6 is 0 Å². The topological polar surface area (TPSA) is 69.7 Å². The molecule has 0 spiro atoms. The molecule has 4 heterocycles. The van der Waals surface area contributed by atoms with Gasteiger partial charge in [0.2, 0.25) is 0 Å². The molecule has 2 aromatic rings. The number of barbiturate groups is 1. The number of rotatable bonds is 1. The Morgan fingerprint density at radius 3 is 2.52 bits per heavy atom. The number of benzene rings is 1. The van der Waals surface area contributed by atoms with Crippen LogP contribution in [0.25, 0.3) is 6.08 Å². The first kappa shape index (κ1) is 20.3. The molecule has 1 fully saturated rings. The van der Waals surface area contributed by atoms with Gasteiger partial charge in [0.05, 0.1) is 0 Å². The number of imide groups is 2. The molecule has 1 aromatic heterocycles. The average molecular weight is 482 g/mol. The van der Waals surface area contributed by atoms with E-state index in [0.29, 0.717) is 0 Å². The number of nitrogens with zero attached hydrogens (tertiary/aromatic N) is 2. The molecule has 7 heteroatoms. The van der Waals surface area contributed by atoms with Crippen molar-refractivity contribution >= 4 is 48.7 Å². The van der Waals surface area contributed by atoms with E-state index in [1.165, 1.54) is 34.0 Å². The van der Waals surface area contributed by atoms with Gasteiger partial charge in [0, 0.05) is 0 Å². The molecule has 3 aliphatic heterocycles. The SMILES string of the molecule is CN1C(=O)NC(=O)/C(=C\c2cc3c([se]2)N2CCC(C)(C)c4cccc(c42)C3(C)C)C1=O. The van der Waals surface area contributed by atoms with Crippen LogP contribution in [-0.2, 0) is 20.4 Å². The number of nitrogens with one attached hydrogen (secondary N) is 1. The molecule has 0 aliphatic carbocycles. The van der Waals surface area contributed by atoms with Gasteiger partial charge in [-0.1, -0.05) is 0 Å². The number of hydrogen-bond acceptors (Lipinski definition) is 4.